The maximum atomic E-state index is 13.0. The lowest BCUT2D eigenvalue weighted by Gasteiger charge is -2.36. The van der Waals surface area contributed by atoms with Crippen LogP contribution in [0.4, 0.5) is 5.82 Å². The molecule has 2 amide bonds. The molecule has 0 aliphatic carbocycles. The van der Waals surface area contributed by atoms with Gasteiger partial charge in [-0.15, -0.1) is 0 Å². The van der Waals surface area contributed by atoms with Gasteiger partial charge >= 0.3 is 0 Å². The Morgan fingerprint density at radius 1 is 1.11 bits per heavy atom. The van der Waals surface area contributed by atoms with E-state index in [2.05, 4.69) is 10.3 Å². The molecule has 0 saturated carbocycles. The summed E-state index contributed by atoms with van der Waals surface area (Å²) in [6, 6.07) is 13.2. The van der Waals surface area contributed by atoms with Crippen LogP contribution < -0.4 is 5.32 Å². The first-order valence-corrected chi connectivity index (χ1v) is 9.53. The van der Waals surface area contributed by atoms with Gasteiger partial charge in [-0.2, -0.15) is 0 Å². The van der Waals surface area contributed by atoms with Crippen LogP contribution in [0.1, 0.15) is 32.3 Å². The Labute approximate surface area is 164 Å². The molecule has 1 aliphatic rings. The average molecular weight is 386 g/mol. The molecular formula is C21H24ClN3O2. The van der Waals surface area contributed by atoms with Gasteiger partial charge in [-0.3, -0.25) is 9.59 Å². The lowest BCUT2D eigenvalue weighted by molar-refractivity contribution is -0.139. The number of likely N-dealkylation sites (tertiary alicyclic amines) is 1. The monoisotopic (exact) mass is 385 g/mol. The van der Waals surface area contributed by atoms with E-state index in [-0.39, 0.29) is 17.7 Å². The number of aromatic nitrogens is 1. The molecule has 5 nitrogen and oxygen atoms in total. The molecule has 1 aromatic carbocycles. The summed E-state index contributed by atoms with van der Waals surface area (Å²) in [6.45, 7) is 5.08. The molecule has 0 radical (unpaired) electrons. The molecule has 6 heteroatoms. The van der Waals surface area contributed by atoms with E-state index in [1.54, 1.807) is 12.1 Å². The van der Waals surface area contributed by atoms with Crippen molar-refractivity contribution in [3.05, 3.63) is 59.2 Å². The van der Waals surface area contributed by atoms with E-state index < -0.39 is 5.41 Å². The number of halogens is 1. The van der Waals surface area contributed by atoms with Crippen LogP contribution in [-0.4, -0.2) is 34.8 Å². The van der Waals surface area contributed by atoms with Crippen molar-refractivity contribution in [2.24, 2.45) is 5.92 Å². The van der Waals surface area contributed by atoms with Gasteiger partial charge in [0.15, 0.2) is 0 Å². The molecule has 1 N–H and O–H groups in total. The van der Waals surface area contributed by atoms with Crippen molar-refractivity contribution in [2.45, 2.75) is 32.1 Å². The fraction of sp³-hybridized carbons (Fsp3) is 0.381. The lowest BCUT2D eigenvalue weighted by Crippen LogP contribution is -2.48. The third-order valence-corrected chi connectivity index (χ3v) is 5.39. The summed E-state index contributed by atoms with van der Waals surface area (Å²) in [5.74, 6) is 0.422. The molecule has 1 aliphatic heterocycles. The van der Waals surface area contributed by atoms with Gasteiger partial charge in [0.05, 0.1) is 10.4 Å². The van der Waals surface area contributed by atoms with Gasteiger partial charge in [0.2, 0.25) is 11.8 Å². The van der Waals surface area contributed by atoms with E-state index in [0.717, 1.165) is 5.56 Å². The van der Waals surface area contributed by atoms with Crippen LogP contribution in [0.3, 0.4) is 0 Å². The number of piperidine rings is 1. The predicted molar refractivity (Wildman–Crippen MR) is 107 cm³/mol. The molecule has 2 heterocycles. The Hall–Kier alpha value is -2.40. The first-order valence-electron chi connectivity index (χ1n) is 9.15. The number of carbonyl (C=O) groups excluding carboxylic acids is 2. The fourth-order valence-corrected chi connectivity index (χ4v) is 3.51. The Balaban J connectivity index is 1.57. The van der Waals surface area contributed by atoms with E-state index in [9.17, 15) is 9.59 Å². The van der Waals surface area contributed by atoms with Crippen LogP contribution in [0, 0.1) is 5.92 Å². The molecule has 1 saturated heterocycles. The highest BCUT2D eigenvalue weighted by Crippen LogP contribution is 2.28. The van der Waals surface area contributed by atoms with E-state index in [4.69, 9.17) is 11.6 Å². The lowest BCUT2D eigenvalue weighted by atomic mass is 9.82. The first kappa shape index (κ1) is 19.4. The molecule has 2 aromatic rings. The number of anilines is 1. The molecule has 27 heavy (non-hydrogen) atoms. The van der Waals surface area contributed by atoms with Gasteiger partial charge in [0.1, 0.15) is 5.82 Å². The van der Waals surface area contributed by atoms with Gasteiger partial charge in [-0.05, 0) is 44.4 Å². The quantitative estimate of drug-likeness (QED) is 0.868. The summed E-state index contributed by atoms with van der Waals surface area (Å²) in [7, 11) is 0. The zero-order valence-corrected chi connectivity index (χ0v) is 16.4. The summed E-state index contributed by atoms with van der Waals surface area (Å²) in [5, 5.41) is 3.36. The van der Waals surface area contributed by atoms with E-state index in [1.165, 1.54) is 6.20 Å². The highest BCUT2D eigenvalue weighted by Gasteiger charge is 2.36. The second kappa shape index (κ2) is 8.09. The molecule has 0 spiro atoms. The summed E-state index contributed by atoms with van der Waals surface area (Å²) in [6.07, 6.45) is 2.80. The van der Waals surface area contributed by atoms with Crippen molar-refractivity contribution in [3.8, 4) is 0 Å². The summed E-state index contributed by atoms with van der Waals surface area (Å²) >= 11 is 5.81. The third kappa shape index (κ3) is 4.48. The molecular weight excluding hydrogens is 362 g/mol. The van der Waals surface area contributed by atoms with Gasteiger partial charge in [-0.1, -0.05) is 41.9 Å². The van der Waals surface area contributed by atoms with Crippen LogP contribution in [0.15, 0.2) is 48.7 Å². The number of benzene rings is 1. The Morgan fingerprint density at radius 2 is 1.78 bits per heavy atom. The largest absolute Gasteiger partial charge is 0.342 e. The number of nitrogens with zero attached hydrogens (tertiary/aromatic N) is 2. The smallest absolute Gasteiger partial charge is 0.232 e. The second-order valence-corrected chi connectivity index (χ2v) is 7.84. The van der Waals surface area contributed by atoms with E-state index in [0.29, 0.717) is 36.8 Å². The first-order chi connectivity index (χ1) is 12.9. The summed E-state index contributed by atoms with van der Waals surface area (Å²) in [5.41, 5.74) is 0.424. The SMILES string of the molecule is CC(C)(C(=O)N1CCC(C(=O)Nc2ccc(Cl)cn2)CC1)c1ccccc1. The highest BCUT2D eigenvalue weighted by atomic mass is 35.5. The summed E-state index contributed by atoms with van der Waals surface area (Å²) < 4.78 is 0. The van der Waals surface area contributed by atoms with Gasteiger partial charge < -0.3 is 10.2 Å². The molecule has 1 fully saturated rings. The predicted octanol–water partition coefficient (Wildman–Crippen LogP) is 3.89. The van der Waals surface area contributed by atoms with Crippen molar-refractivity contribution in [3.63, 3.8) is 0 Å². The van der Waals surface area contributed by atoms with Crippen molar-refractivity contribution in [1.82, 2.24) is 9.88 Å². The molecule has 1 aromatic heterocycles. The molecule has 3 rings (SSSR count). The van der Waals surface area contributed by atoms with Crippen molar-refractivity contribution in [2.75, 3.05) is 18.4 Å². The zero-order valence-electron chi connectivity index (χ0n) is 15.6. The normalized spacial score (nSPS) is 15.4. The zero-order chi connectivity index (χ0) is 19.4. The number of amides is 2. The second-order valence-electron chi connectivity index (χ2n) is 7.41. The highest BCUT2D eigenvalue weighted by molar-refractivity contribution is 6.30. The van der Waals surface area contributed by atoms with E-state index in [1.807, 2.05) is 49.1 Å². The Bertz CT molecular complexity index is 798. The topological polar surface area (TPSA) is 62.3 Å². The fourth-order valence-electron chi connectivity index (χ4n) is 3.40. The Morgan fingerprint density at radius 3 is 2.37 bits per heavy atom. The maximum Gasteiger partial charge on any atom is 0.232 e. The minimum atomic E-state index is -0.580. The minimum absolute atomic E-state index is 0.0563. The van der Waals surface area contributed by atoms with Crippen LogP contribution in [0.5, 0.6) is 0 Å². The van der Waals surface area contributed by atoms with Gasteiger partial charge in [0, 0.05) is 25.2 Å². The number of carbonyl (C=O) groups is 2. The van der Waals surface area contributed by atoms with E-state index >= 15 is 0 Å². The summed E-state index contributed by atoms with van der Waals surface area (Å²) in [4.78, 5) is 31.4. The number of rotatable bonds is 4. The van der Waals surface area contributed by atoms with Crippen molar-refractivity contribution in [1.29, 1.82) is 0 Å². The molecule has 142 valence electrons. The van der Waals surface area contributed by atoms with Crippen molar-refractivity contribution < 1.29 is 9.59 Å². The van der Waals surface area contributed by atoms with Crippen LogP contribution in [-0.2, 0) is 15.0 Å². The molecule has 0 atom stereocenters. The Kier molecular flexibility index (Phi) is 5.80. The minimum Gasteiger partial charge on any atom is -0.342 e. The number of hydrogen-bond donors (Lipinski definition) is 1. The number of hydrogen-bond acceptors (Lipinski definition) is 3. The van der Waals surface area contributed by atoms with Crippen molar-refractivity contribution >= 4 is 29.2 Å². The van der Waals surface area contributed by atoms with Gasteiger partial charge in [-0.25, -0.2) is 4.98 Å². The standard InChI is InChI=1S/C21H24ClN3O2/c1-21(2,16-6-4-3-5-7-16)20(27)25-12-10-15(11-13-25)19(26)24-18-9-8-17(22)14-23-18/h3-9,14-15H,10-13H2,1-2H3,(H,23,24,26). The molecule has 0 unspecified atom stereocenters. The van der Waals surface area contributed by atoms with Crippen LogP contribution in [0.25, 0.3) is 0 Å². The number of nitrogens with one attached hydrogen (secondary N) is 1. The average Bonchev–Trinajstić information content (AvgIpc) is 2.70. The third-order valence-electron chi connectivity index (χ3n) is 5.16. The maximum absolute atomic E-state index is 13.0. The molecule has 0 bridgehead atoms. The van der Waals surface area contributed by atoms with Crippen LogP contribution >= 0.6 is 11.6 Å². The number of pyridine rings is 1. The van der Waals surface area contributed by atoms with Crippen LogP contribution in [0.2, 0.25) is 5.02 Å². The van der Waals surface area contributed by atoms with Gasteiger partial charge in [0.25, 0.3) is 0 Å².